The fraction of sp³-hybridized carbons (Fsp3) is 0.200. The molecule has 2 unspecified atom stereocenters. The number of halogens is 1. The maximum atomic E-state index is 10.5. The van der Waals surface area contributed by atoms with E-state index >= 15 is 0 Å². The van der Waals surface area contributed by atoms with E-state index in [1.54, 1.807) is 0 Å². The van der Waals surface area contributed by atoms with E-state index in [1.165, 1.54) is 11.1 Å². The van der Waals surface area contributed by atoms with Gasteiger partial charge in [0.05, 0.1) is 12.1 Å². The van der Waals surface area contributed by atoms with E-state index in [0.717, 1.165) is 12.1 Å². The Kier molecular flexibility index (Phi) is 3.08. The topological polar surface area (TPSA) is 32.3 Å². The van der Waals surface area contributed by atoms with Gasteiger partial charge in [-0.2, -0.15) is 0 Å². The monoisotopic (exact) mass is 259 g/mol. The van der Waals surface area contributed by atoms with Crippen molar-refractivity contribution in [1.29, 1.82) is 0 Å². The third-order valence-corrected chi connectivity index (χ3v) is 3.64. The molecule has 0 aromatic heterocycles. The number of hydrogen-bond donors (Lipinski definition) is 2. The Hall–Kier alpha value is -1.35. The average Bonchev–Trinajstić information content (AvgIpc) is 2.82. The molecule has 18 heavy (non-hydrogen) atoms. The quantitative estimate of drug-likeness (QED) is 0.868. The first kappa shape index (κ1) is 11.7. The SMILES string of the molecule is OC(c1cccc(Cl)c1)C1NCc2ccccc21. The Labute approximate surface area is 111 Å². The highest BCUT2D eigenvalue weighted by atomic mass is 35.5. The Morgan fingerprint density at radius 1 is 1.17 bits per heavy atom. The van der Waals surface area contributed by atoms with Gasteiger partial charge in [-0.1, -0.05) is 48.0 Å². The minimum atomic E-state index is -0.577. The summed E-state index contributed by atoms with van der Waals surface area (Å²) in [5, 5.41) is 14.5. The molecule has 92 valence electrons. The molecule has 0 aliphatic carbocycles. The van der Waals surface area contributed by atoms with Crippen LogP contribution in [0, 0.1) is 0 Å². The van der Waals surface area contributed by atoms with E-state index < -0.39 is 6.10 Å². The molecule has 0 saturated carbocycles. The molecule has 3 heteroatoms. The fourth-order valence-corrected chi connectivity index (χ4v) is 2.69. The number of hydrogen-bond acceptors (Lipinski definition) is 2. The van der Waals surface area contributed by atoms with Crippen LogP contribution < -0.4 is 5.32 Å². The summed E-state index contributed by atoms with van der Waals surface area (Å²) in [5.74, 6) is 0. The predicted molar refractivity (Wildman–Crippen MR) is 72.4 cm³/mol. The number of aliphatic hydroxyl groups is 1. The first-order valence-electron chi connectivity index (χ1n) is 6.00. The molecule has 1 aliphatic rings. The van der Waals surface area contributed by atoms with E-state index in [1.807, 2.05) is 36.4 Å². The van der Waals surface area contributed by atoms with Crippen molar-refractivity contribution in [1.82, 2.24) is 5.32 Å². The van der Waals surface area contributed by atoms with Crippen molar-refractivity contribution < 1.29 is 5.11 Å². The van der Waals surface area contributed by atoms with Gasteiger partial charge in [0.15, 0.2) is 0 Å². The summed E-state index contributed by atoms with van der Waals surface area (Å²) in [6.07, 6.45) is -0.577. The van der Waals surface area contributed by atoms with Gasteiger partial charge in [0.1, 0.15) is 0 Å². The smallest absolute Gasteiger partial charge is 0.0985 e. The summed E-state index contributed by atoms with van der Waals surface area (Å²) in [4.78, 5) is 0. The third kappa shape index (κ3) is 2.03. The summed E-state index contributed by atoms with van der Waals surface area (Å²) >= 11 is 5.96. The normalized spacial score (nSPS) is 19.6. The molecule has 0 fully saturated rings. The van der Waals surface area contributed by atoms with Gasteiger partial charge in [0.25, 0.3) is 0 Å². The molecule has 2 aromatic rings. The van der Waals surface area contributed by atoms with Crippen molar-refractivity contribution in [3.63, 3.8) is 0 Å². The van der Waals surface area contributed by atoms with Crippen LogP contribution in [0.15, 0.2) is 48.5 Å². The van der Waals surface area contributed by atoms with Crippen molar-refractivity contribution in [2.75, 3.05) is 0 Å². The van der Waals surface area contributed by atoms with Gasteiger partial charge in [-0.05, 0) is 28.8 Å². The number of nitrogens with one attached hydrogen (secondary N) is 1. The molecule has 0 spiro atoms. The highest BCUT2D eigenvalue weighted by Crippen LogP contribution is 2.35. The van der Waals surface area contributed by atoms with Crippen molar-refractivity contribution in [3.8, 4) is 0 Å². The van der Waals surface area contributed by atoms with Gasteiger partial charge in [-0.15, -0.1) is 0 Å². The molecule has 2 aromatic carbocycles. The maximum Gasteiger partial charge on any atom is 0.0985 e. The highest BCUT2D eigenvalue weighted by molar-refractivity contribution is 6.30. The zero-order valence-electron chi connectivity index (χ0n) is 9.81. The molecule has 2 nitrogen and oxygen atoms in total. The van der Waals surface area contributed by atoms with Crippen LogP contribution in [-0.2, 0) is 6.54 Å². The zero-order chi connectivity index (χ0) is 12.5. The third-order valence-electron chi connectivity index (χ3n) is 3.41. The molecule has 1 heterocycles. The molecular formula is C15H14ClNO. The number of benzene rings is 2. The van der Waals surface area contributed by atoms with Crippen LogP contribution in [0.5, 0.6) is 0 Å². The number of aliphatic hydroxyl groups excluding tert-OH is 1. The molecule has 0 radical (unpaired) electrons. The van der Waals surface area contributed by atoms with Crippen LogP contribution in [-0.4, -0.2) is 5.11 Å². The van der Waals surface area contributed by atoms with Gasteiger partial charge in [-0.25, -0.2) is 0 Å². The molecule has 0 saturated heterocycles. The Morgan fingerprint density at radius 2 is 2.00 bits per heavy atom. The van der Waals surface area contributed by atoms with E-state index in [-0.39, 0.29) is 6.04 Å². The summed E-state index contributed by atoms with van der Waals surface area (Å²) in [6, 6.07) is 15.5. The lowest BCUT2D eigenvalue weighted by atomic mass is 9.96. The Bertz CT molecular complexity index is 570. The number of fused-ring (bicyclic) bond motifs is 1. The number of rotatable bonds is 2. The lowest BCUT2D eigenvalue weighted by Gasteiger charge is -2.20. The fourth-order valence-electron chi connectivity index (χ4n) is 2.49. The van der Waals surface area contributed by atoms with Gasteiger partial charge < -0.3 is 10.4 Å². The van der Waals surface area contributed by atoms with E-state index in [9.17, 15) is 5.11 Å². The molecule has 2 atom stereocenters. The average molecular weight is 260 g/mol. The van der Waals surface area contributed by atoms with Crippen LogP contribution in [0.2, 0.25) is 5.02 Å². The zero-order valence-corrected chi connectivity index (χ0v) is 10.6. The van der Waals surface area contributed by atoms with E-state index in [0.29, 0.717) is 5.02 Å². The van der Waals surface area contributed by atoms with E-state index in [2.05, 4.69) is 17.4 Å². The minimum Gasteiger partial charge on any atom is -0.386 e. The largest absolute Gasteiger partial charge is 0.386 e. The second-order valence-corrected chi connectivity index (χ2v) is 4.99. The summed E-state index contributed by atoms with van der Waals surface area (Å²) in [6.45, 7) is 0.804. The first-order chi connectivity index (χ1) is 8.75. The first-order valence-corrected chi connectivity index (χ1v) is 6.38. The van der Waals surface area contributed by atoms with Crippen LogP contribution in [0.4, 0.5) is 0 Å². The lowest BCUT2D eigenvalue weighted by molar-refractivity contribution is 0.133. The van der Waals surface area contributed by atoms with Crippen LogP contribution in [0.3, 0.4) is 0 Å². The molecule has 3 rings (SSSR count). The lowest BCUT2D eigenvalue weighted by Crippen LogP contribution is -2.20. The van der Waals surface area contributed by atoms with Crippen molar-refractivity contribution in [2.45, 2.75) is 18.7 Å². The Morgan fingerprint density at radius 3 is 2.83 bits per heavy atom. The summed E-state index contributed by atoms with van der Waals surface area (Å²) < 4.78 is 0. The highest BCUT2D eigenvalue weighted by Gasteiger charge is 2.28. The minimum absolute atomic E-state index is 0.0559. The van der Waals surface area contributed by atoms with Crippen LogP contribution >= 0.6 is 11.6 Å². The molecule has 1 aliphatic heterocycles. The van der Waals surface area contributed by atoms with Crippen molar-refractivity contribution in [3.05, 3.63) is 70.2 Å². The summed E-state index contributed by atoms with van der Waals surface area (Å²) in [7, 11) is 0. The molecule has 2 N–H and O–H groups in total. The standard InChI is InChI=1S/C15H14ClNO/c16-12-6-3-5-10(8-12)15(18)14-13-7-2-1-4-11(13)9-17-14/h1-8,14-15,17-18H,9H2. The van der Waals surface area contributed by atoms with E-state index in [4.69, 9.17) is 11.6 Å². The van der Waals surface area contributed by atoms with Crippen molar-refractivity contribution >= 4 is 11.6 Å². The second-order valence-electron chi connectivity index (χ2n) is 4.56. The van der Waals surface area contributed by atoms with Crippen molar-refractivity contribution in [2.24, 2.45) is 0 Å². The van der Waals surface area contributed by atoms with Crippen LogP contribution in [0.1, 0.15) is 28.8 Å². The molecular weight excluding hydrogens is 246 g/mol. The van der Waals surface area contributed by atoms with Gasteiger partial charge in [0, 0.05) is 11.6 Å². The second kappa shape index (κ2) is 4.73. The molecule has 0 amide bonds. The maximum absolute atomic E-state index is 10.5. The van der Waals surface area contributed by atoms with Gasteiger partial charge in [0.2, 0.25) is 0 Å². The Balaban J connectivity index is 1.93. The van der Waals surface area contributed by atoms with Gasteiger partial charge >= 0.3 is 0 Å². The predicted octanol–water partition coefficient (Wildman–Crippen LogP) is 3.22. The van der Waals surface area contributed by atoms with Crippen LogP contribution in [0.25, 0.3) is 0 Å². The van der Waals surface area contributed by atoms with Gasteiger partial charge in [-0.3, -0.25) is 0 Å². The molecule has 0 bridgehead atoms. The summed E-state index contributed by atoms with van der Waals surface area (Å²) in [5.41, 5.74) is 3.27.